The number of carbonyl (C=O) groups excluding carboxylic acids is 2. The van der Waals surface area contributed by atoms with Crippen LogP contribution in [0.25, 0.3) is 0 Å². The molecule has 0 aliphatic carbocycles. The predicted molar refractivity (Wildman–Crippen MR) is 69.9 cm³/mol. The van der Waals surface area contributed by atoms with Crippen molar-refractivity contribution in [3.8, 4) is 0 Å². The Bertz CT molecular complexity index is 485. The summed E-state index contributed by atoms with van der Waals surface area (Å²) in [5, 5.41) is 2.80. The molecule has 18 heavy (non-hydrogen) atoms. The summed E-state index contributed by atoms with van der Waals surface area (Å²) in [6.45, 7) is 0. The molecule has 0 amide bonds. The van der Waals surface area contributed by atoms with Crippen LogP contribution < -0.4 is 5.32 Å². The Morgan fingerprint density at radius 1 is 1.22 bits per heavy atom. The first kappa shape index (κ1) is 14.2. The van der Waals surface area contributed by atoms with Crippen molar-refractivity contribution >= 4 is 33.6 Å². The predicted octanol–water partition coefficient (Wildman–Crippen LogP) is 2.09. The summed E-state index contributed by atoms with van der Waals surface area (Å²) in [6, 6.07) is 7.17. The van der Waals surface area contributed by atoms with E-state index in [1.54, 1.807) is 18.2 Å². The van der Waals surface area contributed by atoms with E-state index in [1.807, 2.05) is 6.07 Å². The third kappa shape index (κ3) is 3.89. The van der Waals surface area contributed by atoms with E-state index < -0.39 is 11.9 Å². The number of methoxy groups -OCH3 is 2. The van der Waals surface area contributed by atoms with Crippen molar-refractivity contribution in [2.45, 2.75) is 0 Å². The first-order chi connectivity index (χ1) is 8.58. The fraction of sp³-hybridized carbons (Fsp3) is 0.167. The molecule has 0 heterocycles. The summed E-state index contributed by atoms with van der Waals surface area (Å²) < 4.78 is 9.80. The smallest absolute Gasteiger partial charge is 0.354 e. The molecule has 6 heteroatoms. The zero-order chi connectivity index (χ0) is 13.5. The van der Waals surface area contributed by atoms with Gasteiger partial charge in [0.05, 0.1) is 26.0 Å². The summed E-state index contributed by atoms with van der Waals surface area (Å²) in [6.07, 6.45) is 1.03. The van der Waals surface area contributed by atoms with Crippen LogP contribution in [0.4, 0.5) is 5.69 Å². The van der Waals surface area contributed by atoms with E-state index in [-0.39, 0.29) is 5.70 Å². The minimum Gasteiger partial charge on any atom is -0.466 e. The molecule has 0 fully saturated rings. The van der Waals surface area contributed by atoms with E-state index >= 15 is 0 Å². The second kappa shape index (κ2) is 6.80. The SMILES string of the molecule is COC(=O)/C=C(/Nc1ccccc1Br)C(=O)OC. The molecular formula is C12H12BrNO4. The number of hydrogen-bond donors (Lipinski definition) is 1. The summed E-state index contributed by atoms with van der Waals surface area (Å²) in [7, 11) is 2.46. The average Bonchev–Trinajstić information content (AvgIpc) is 2.39. The molecule has 0 aromatic heterocycles. The van der Waals surface area contributed by atoms with Crippen LogP contribution in [-0.2, 0) is 19.1 Å². The van der Waals surface area contributed by atoms with Crippen LogP contribution in [0.1, 0.15) is 0 Å². The van der Waals surface area contributed by atoms with Crippen LogP contribution in [0.15, 0.2) is 40.5 Å². The molecule has 0 radical (unpaired) electrons. The first-order valence-electron chi connectivity index (χ1n) is 4.98. The molecule has 0 atom stereocenters. The Kier molecular flexibility index (Phi) is 5.38. The maximum absolute atomic E-state index is 11.5. The normalized spacial score (nSPS) is 10.7. The van der Waals surface area contributed by atoms with Crippen molar-refractivity contribution in [1.82, 2.24) is 0 Å². The molecular weight excluding hydrogens is 302 g/mol. The first-order valence-corrected chi connectivity index (χ1v) is 5.77. The molecule has 0 spiro atoms. The fourth-order valence-electron chi connectivity index (χ4n) is 1.14. The van der Waals surface area contributed by atoms with Gasteiger partial charge in [0.1, 0.15) is 5.70 Å². The Morgan fingerprint density at radius 2 is 1.89 bits per heavy atom. The average molecular weight is 314 g/mol. The van der Waals surface area contributed by atoms with Gasteiger partial charge in [0.15, 0.2) is 0 Å². The number of carbonyl (C=O) groups is 2. The minimum absolute atomic E-state index is 0.00347. The van der Waals surface area contributed by atoms with Gasteiger partial charge in [-0.15, -0.1) is 0 Å². The van der Waals surface area contributed by atoms with Crippen LogP contribution in [0.2, 0.25) is 0 Å². The molecule has 0 aliphatic rings. The Morgan fingerprint density at radius 3 is 2.44 bits per heavy atom. The van der Waals surface area contributed by atoms with Crippen molar-refractivity contribution < 1.29 is 19.1 Å². The van der Waals surface area contributed by atoms with Gasteiger partial charge in [0, 0.05) is 4.47 Å². The molecule has 0 unspecified atom stereocenters. The van der Waals surface area contributed by atoms with Gasteiger partial charge in [-0.1, -0.05) is 12.1 Å². The number of hydrogen-bond acceptors (Lipinski definition) is 5. The van der Waals surface area contributed by atoms with Crippen LogP contribution in [0.5, 0.6) is 0 Å². The zero-order valence-corrected chi connectivity index (χ0v) is 11.5. The maximum atomic E-state index is 11.5. The lowest BCUT2D eigenvalue weighted by molar-refractivity contribution is -0.138. The number of para-hydroxylation sites is 1. The van der Waals surface area contributed by atoms with Gasteiger partial charge >= 0.3 is 11.9 Å². The highest BCUT2D eigenvalue weighted by Gasteiger charge is 2.13. The lowest BCUT2D eigenvalue weighted by atomic mass is 10.3. The monoisotopic (exact) mass is 313 g/mol. The molecule has 1 aromatic carbocycles. The van der Waals surface area contributed by atoms with E-state index in [0.717, 1.165) is 10.5 Å². The Labute approximate surface area is 113 Å². The standard InChI is InChI=1S/C12H12BrNO4/c1-17-11(15)7-10(12(16)18-2)14-9-6-4-3-5-8(9)13/h3-7,14H,1-2H3/b10-7+. The van der Waals surface area contributed by atoms with E-state index in [1.165, 1.54) is 14.2 Å². The number of nitrogens with one attached hydrogen (secondary N) is 1. The van der Waals surface area contributed by atoms with Gasteiger partial charge in [0.2, 0.25) is 0 Å². The molecule has 0 saturated carbocycles. The number of ether oxygens (including phenoxy) is 2. The lowest BCUT2D eigenvalue weighted by Crippen LogP contribution is -2.15. The molecule has 1 N–H and O–H groups in total. The number of benzene rings is 1. The van der Waals surface area contributed by atoms with Gasteiger partial charge < -0.3 is 14.8 Å². The van der Waals surface area contributed by atoms with Gasteiger partial charge in [-0.2, -0.15) is 0 Å². The summed E-state index contributed by atoms with van der Waals surface area (Å²) in [4.78, 5) is 22.7. The molecule has 0 saturated heterocycles. The lowest BCUT2D eigenvalue weighted by Gasteiger charge is -2.10. The second-order valence-corrected chi connectivity index (χ2v) is 4.03. The number of esters is 2. The molecule has 0 bridgehead atoms. The summed E-state index contributed by atoms with van der Waals surface area (Å²) >= 11 is 3.32. The van der Waals surface area contributed by atoms with E-state index in [2.05, 4.69) is 30.7 Å². The second-order valence-electron chi connectivity index (χ2n) is 3.18. The molecule has 5 nitrogen and oxygen atoms in total. The van der Waals surface area contributed by atoms with Gasteiger partial charge in [-0.05, 0) is 28.1 Å². The largest absolute Gasteiger partial charge is 0.466 e. The van der Waals surface area contributed by atoms with Crippen LogP contribution >= 0.6 is 15.9 Å². The Hall–Kier alpha value is -1.82. The van der Waals surface area contributed by atoms with Crippen LogP contribution in [-0.4, -0.2) is 26.2 Å². The summed E-state index contributed by atoms with van der Waals surface area (Å²) in [5.41, 5.74) is 0.634. The van der Waals surface area contributed by atoms with Crippen molar-refractivity contribution in [2.24, 2.45) is 0 Å². The highest BCUT2D eigenvalue weighted by molar-refractivity contribution is 9.10. The van der Waals surface area contributed by atoms with Gasteiger partial charge in [-0.3, -0.25) is 0 Å². The van der Waals surface area contributed by atoms with Crippen LogP contribution in [0, 0.1) is 0 Å². The molecule has 96 valence electrons. The zero-order valence-electron chi connectivity index (χ0n) is 9.90. The fourth-order valence-corrected chi connectivity index (χ4v) is 1.52. The number of rotatable bonds is 4. The number of halogens is 1. The van der Waals surface area contributed by atoms with Gasteiger partial charge in [0.25, 0.3) is 0 Å². The van der Waals surface area contributed by atoms with E-state index in [0.29, 0.717) is 5.69 Å². The third-order valence-corrected chi connectivity index (χ3v) is 2.70. The van der Waals surface area contributed by atoms with Crippen molar-refractivity contribution in [3.63, 3.8) is 0 Å². The van der Waals surface area contributed by atoms with E-state index in [4.69, 9.17) is 0 Å². The highest BCUT2D eigenvalue weighted by atomic mass is 79.9. The van der Waals surface area contributed by atoms with Crippen molar-refractivity contribution in [2.75, 3.05) is 19.5 Å². The quantitative estimate of drug-likeness (QED) is 0.681. The topological polar surface area (TPSA) is 64.6 Å². The highest BCUT2D eigenvalue weighted by Crippen LogP contribution is 2.22. The number of anilines is 1. The molecule has 0 aliphatic heterocycles. The van der Waals surface area contributed by atoms with Crippen LogP contribution in [0.3, 0.4) is 0 Å². The maximum Gasteiger partial charge on any atom is 0.354 e. The molecule has 1 rings (SSSR count). The summed E-state index contributed by atoms with van der Waals surface area (Å²) in [5.74, 6) is -1.30. The van der Waals surface area contributed by atoms with Gasteiger partial charge in [-0.25, -0.2) is 9.59 Å². The Balaban J connectivity index is 3.00. The molecule has 1 aromatic rings. The van der Waals surface area contributed by atoms with Crippen molar-refractivity contribution in [3.05, 3.63) is 40.5 Å². The van der Waals surface area contributed by atoms with E-state index in [9.17, 15) is 9.59 Å². The third-order valence-electron chi connectivity index (χ3n) is 2.01. The van der Waals surface area contributed by atoms with Crippen molar-refractivity contribution in [1.29, 1.82) is 0 Å². The minimum atomic E-state index is -0.656.